The van der Waals surface area contributed by atoms with Gasteiger partial charge in [0.05, 0.1) is 17.9 Å². The average molecular weight is 294 g/mol. The molecule has 21 heavy (non-hydrogen) atoms. The normalized spacial score (nSPS) is 12.0. The van der Waals surface area contributed by atoms with Crippen LogP contribution in [0.2, 0.25) is 0 Å². The third-order valence-corrected chi connectivity index (χ3v) is 3.36. The van der Waals surface area contributed by atoms with E-state index in [0.29, 0.717) is 42.5 Å². The molecule has 0 saturated carbocycles. The van der Waals surface area contributed by atoms with Crippen LogP contribution in [0.15, 0.2) is 18.2 Å². The SMILES string of the molecule is CCCC(CCO)CNC(=O)c1cccc(N)c1OCC. The molecule has 0 fully saturated rings. The highest BCUT2D eigenvalue weighted by molar-refractivity contribution is 5.98. The molecule has 118 valence electrons. The lowest BCUT2D eigenvalue weighted by Gasteiger charge is -2.17. The third-order valence-electron chi connectivity index (χ3n) is 3.36. The molecule has 0 saturated heterocycles. The van der Waals surface area contributed by atoms with Crippen molar-refractivity contribution in [2.75, 3.05) is 25.5 Å². The second-order valence-electron chi connectivity index (χ2n) is 5.03. The Morgan fingerprint density at radius 2 is 2.14 bits per heavy atom. The molecule has 0 aliphatic rings. The van der Waals surface area contributed by atoms with Gasteiger partial charge in [-0.3, -0.25) is 4.79 Å². The van der Waals surface area contributed by atoms with Crippen molar-refractivity contribution in [1.82, 2.24) is 5.32 Å². The Bertz CT molecular complexity index is 443. The van der Waals surface area contributed by atoms with Crippen molar-refractivity contribution in [2.45, 2.75) is 33.1 Å². The van der Waals surface area contributed by atoms with Crippen LogP contribution in [0, 0.1) is 5.92 Å². The Hall–Kier alpha value is -1.75. The van der Waals surface area contributed by atoms with E-state index < -0.39 is 0 Å². The lowest BCUT2D eigenvalue weighted by atomic mass is 10.00. The van der Waals surface area contributed by atoms with Gasteiger partial charge < -0.3 is 20.9 Å². The van der Waals surface area contributed by atoms with Gasteiger partial charge in [0.15, 0.2) is 5.75 Å². The Morgan fingerprint density at radius 1 is 1.38 bits per heavy atom. The second kappa shape index (κ2) is 9.23. The lowest BCUT2D eigenvalue weighted by Crippen LogP contribution is -2.30. The molecule has 1 unspecified atom stereocenters. The second-order valence-corrected chi connectivity index (χ2v) is 5.03. The number of amides is 1. The van der Waals surface area contributed by atoms with E-state index in [2.05, 4.69) is 12.2 Å². The van der Waals surface area contributed by atoms with Gasteiger partial charge in [-0.25, -0.2) is 0 Å². The zero-order valence-corrected chi connectivity index (χ0v) is 12.9. The predicted octanol–water partition coefficient (Wildman–Crippen LogP) is 2.20. The van der Waals surface area contributed by atoms with E-state index >= 15 is 0 Å². The van der Waals surface area contributed by atoms with E-state index in [1.54, 1.807) is 18.2 Å². The largest absolute Gasteiger partial charge is 0.491 e. The number of aliphatic hydroxyl groups excluding tert-OH is 1. The molecule has 0 heterocycles. The molecule has 1 amide bonds. The van der Waals surface area contributed by atoms with Crippen LogP contribution in [-0.4, -0.2) is 30.8 Å². The van der Waals surface area contributed by atoms with Crippen LogP contribution in [0.4, 0.5) is 5.69 Å². The zero-order chi connectivity index (χ0) is 15.7. The minimum absolute atomic E-state index is 0.142. The van der Waals surface area contributed by atoms with Gasteiger partial charge in [-0.2, -0.15) is 0 Å². The molecule has 0 aliphatic heterocycles. The maximum absolute atomic E-state index is 12.3. The number of benzene rings is 1. The molecule has 4 N–H and O–H groups in total. The summed E-state index contributed by atoms with van der Waals surface area (Å²) in [5.74, 6) is 0.539. The number of rotatable bonds is 9. The molecular formula is C16H26N2O3. The smallest absolute Gasteiger partial charge is 0.255 e. The first-order valence-corrected chi connectivity index (χ1v) is 7.54. The monoisotopic (exact) mass is 294 g/mol. The predicted molar refractivity (Wildman–Crippen MR) is 84.5 cm³/mol. The van der Waals surface area contributed by atoms with Gasteiger partial charge in [-0.05, 0) is 37.8 Å². The first-order chi connectivity index (χ1) is 10.1. The summed E-state index contributed by atoms with van der Waals surface area (Å²) in [6, 6.07) is 5.16. The number of carbonyl (C=O) groups excluding carboxylic acids is 1. The molecule has 0 aromatic heterocycles. The van der Waals surface area contributed by atoms with Crippen molar-refractivity contribution in [3.63, 3.8) is 0 Å². The summed E-state index contributed by atoms with van der Waals surface area (Å²) in [6.45, 7) is 5.10. The van der Waals surface area contributed by atoms with Gasteiger partial charge in [-0.1, -0.05) is 19.4 Å². The van der Waals surface area contributed by atoms with E-state index in [1.807, 2.05) is 6.92 Å². The molecular weight excluding hydrogens is 268 g/mol. The number of hydrogen-bond acceptors (Lipinski definition) is 4. The Labute approximate surface area is 126 Å². The molecule has 1 aromatic rings. The number of para-hydroxylation sites is 1. The molecule has 0 spiro atoms. The number of ether oxygens (including phenoxy) is 1. The van der Waals surface area contributed by atoms with Crippen molar-refractivity contribution in [1.29, 1.82) is 0 Å². The molecule has 0 radical (unpaired) electrons. The van der Waals surface area contributed by atoms with Crippen LogP contribution in [0.3, 0.4) is 0 Å². The Kier molecular flexibility index (Phi) is 7.61. The molecule has 1 rings (SSSR count). The van der Waals surface area contributed by atoms with Gasteiger partial charge >= 0.3 is 0 Å². The number of nitrogens with one attached hydrogen (secondary N) is 1. The summed E-state index contributed by atoms with van der Waals surface area (Å²) in [4.78, 5) is 12.3. The van der Waals surface area contributed by atoms with Gasteiger partial charge in [-0.15, -0.1) is 0 Å². The van der Waals surface area contributed by atoms with Crippen molar-refractivity contribution in [3.05, 3.63) is 23.8 Å². The van der Waals surface area contributed by atoms with Gasteiger partial charge in [0.2, 0.25) is 0 Å². The number of anilines is 1. The van der Waals surface area contributed by atoms with E-state index in [9.17, 15) is 4.79 Å². The number of nitrogen functional groups attached to an aromatic ring is 1. The van der Waals surface area contributed by atoms with E-state index in [1.165, 1.54) is 0 Å². The minimum Gasteiger partial charge on any atom is -0.491 e. The van der Waals surface area contributed by atoms with Crippen LogP contribution in [-0.2, 0) is 0 Å². The summed E-state index contributed by atoms with van der Waals surface area (Å²) in [7, 11) is 0. The number of hydrogen-bond donors (Lipinski definition) is 3. The van der Waals surface area contributed by atoms with Crippen LogP contribution in [0.25, 0.3) is 0 Å². The van der Waals surface area contributed by atoms with Gasteiger partial charge in [0.25, 0.3) is 5.91 Å². The maximum Gasteiger partial charge on any atom is 0.255 e. The topological polar surface area (TPSA) is 84.6 Å². The summed E-state index contributed by atoms with van der Waals surface area (Å²) in [6.07, 6.45) is 2.71. The fourth-order valence-electron chi connectivity index (χ4n) is 2.31. The highest BCUT2D eigenvalue weighted by Crippen LogP contribution is 2.26. The lowest BCUT2D eigenvalue weighted by molar-refractivity contribution is 0.0939. The van der Waals surface area contributed by atoms with Gasteiger partial charge in [0.1, 0.15) is 0 Å². The molecule has 5 heteroatoms. The van der Waals surface area contributed by atoms with E-state index in [-0.39, 0.29) is 12.5 Å². The van der Waals surface area contributed by atoms with E-state index in [0.717, 1.165) is 12.8 Å². The third kappa shape index (κ3) is 5.27. The summed E-state index contributed by atoms with van der Waals surface area (Å²) >= 11 is 0. The molecule has 1 atom stereocenters. The highest BCUT2D eigenvalue weighted by Gasteiger charge is 2.16. The number of nitrogens with two attached hydrogens (primary N) is 1. The molecule has 5 nitrogen and oxygen atoms in total. The summed E-state index contributed by atoms with van der Waals surface area (Å²) < 4.78 is 5.46. The van der Waals surface area contributed by atoms with Crippen LogP contribution in [0.1, 0.15) is 43.5 Å². The van der Waals surface area contributed by atoms with Crippen molar-refractivity contribution < 1.29 is 14.6 Å². The van der Waals surface area contributed by atoms with Crippen LogP contribution < -0.4 is 15.8 Å². The number of aliphatic hydroxyl groups is 1. The quantitative estimate of drug-likeness (QED) is 0.610. The molecule has 1 aromatic carbocycles. The Morgan fingerprint density at radius 3 is 2.76 bits per heavy atom. The zero-order valence-electron chi connectivity index (χ0n) is 12.9. The molecule has 0 aliphatic carbocycles. The molecule has 0 bridgehead atoms. The fraction of sp³-hybridized carbons (Fsp3) is 0.562. The standard InChI is InChI=1S/C16H26N2O3/c1-3-6-12(9-10-19)11-18-16(20)13-7-5-8-14(17)15(13)21-4-2/h5,7-8,12,19H,3-4,6,9-11,17H2,1-2H3,(H,18,20). The fourth-order valence-corrected chi connectivity index (χ4v) is 2.31. The minimum atomic E-state index is -0.190. The number of carbonyl (C=O) groups is 1. The summed E-state index contributed by atoms with van der Waals surface area (Å²) in [5.41, 5.74) is 6.78. The Balaban J connectivity index is 2.73. The summed E-state index contributed by atoms with van der Waals surface area (Å²) in [5, 5.41) is 12.0. The van der Waals surface area contributed by atoms with Crippen LogP contribution in [0.5, 0.6) is 5.75 Å². The first-order valence-electron chi connectivity index (χ1n) is 7.54. The maximum atomic E-state index is 12.3. The first kappa shape index (κ1) is 17.3. The van der Waals surface area contributed by atoms with Crippen molar-refractivity contribution in [2.24, 2.45) is 5.92 Å². The van der Waals surface area contributed by atoms with E-state index in [4.69, 9.17) is 15.6 Å². The van der Waals surface area contributed by atoms with Crippen molar-refractivity contribution in [3.8, 4) is 5.75 Å². The highest BCUT2D eigenvalue weighted by atomic mass is 16.5. The van der Waals surface area contributed by atoms with Crippen LogP contribution >= 0.6 is 0 Å². The van der Waals surface area contributed by atoms with Gasteiger partial charge in [0, 0.05) is 13.2 Å². The average Bonchev–Trinajstić information content (AvgIpc) is 2.47. The van der Waals surface area contributed by atoms with Crippen molar-refractivity contribution >= 4 is 11.6 Å².